The molecule has 1 atom stereocenters. The Labute approximate surface area is 586 Å². The second-order valence-corrected chi connectivity index (χ2v) is 25.3. The Hall–Kier alpha value is -13.6. The minimum atomic E-state index is -1.14. The summed E-state index contributed by atoms with van der Waals surface area (Å²) in [5.41, 5.74) is 13.1. The van der Waals surface area contributed by atoms with Crippen molar-refractivity contribution in [2.45, 2.75) is 44.6 Å². The number of nitrogens with two attached hydrogens (primary N) is 1. The maximum atomic E-state index is 12.3. The van der Waals surface area contributed by atoms with E-state index in [4.69, 9.17) is 24.7 Å². The molecule has 0 spiro atoms. The molecule has 0 radical (unpaired) electrons. The van der Waals surface area contributed by atoms with E-state index in [0.717, 1.165) is 32.1 Å². The van der Waals surface area contributed by atoms with Crippen molar-refractivity contribution in [3.8, 4) is 46.0 Å². The lowest BCUT2D eigenvalue weighted by Crippen LogP contribution is -2.31. The zero-order valence-corrected chi connectivity index (χ0v) is 55.6. The summed E-state index contributed by atoms with van der Waals surface area (Å²) in [7, 11) is 2.95. The number of cyclic esters (lactones) is 6. The van der Waals surface area contributed by atoms with E-state index in [1.807, 2.05) is 97.1 Å². The molecule has 510 valence electrons. The van der Waals surface area contributed by atoms with E-state index < -0.39 is 47.6 Å². The van der Waals surface area contributed by atoms with Crippen molar-refractivity contribution >= 4 is 71.0 Å². The number of imide groups is 2. The molecule has 22 nitrogen and oxygen atoms in total. The van der Waals surface area contributed by atoms with Crippen LogP contribution < -0.4 is 24.7 Å². The summed E-state index contributed by atoms with van der Waals surface area (Å²) in [6.45, 7) is 8.44. The second kappa shape index (κ2) is 26.9. The third kappa shape index (κ3) is 13.1. The van der Waals surface area contributed by atoms with Crippen LogP contribution in [0.5, 0.6) is 46.0 Å². The quantitative estimate of drug-likeness (QED) is 0.0514. The van der Waals surface area contributed by atoms with Gasteiger partial charge in [-0.05, 0) is 168 Å². The number of ketones is 2. The summed E-state index contributed by atoms with van der Waals surface area (Å²) in [5, 5.41) is 0. The summed E-state index contributed by atoms with van der Waals surface area (Å²) in [6.07, 6.45) is 0. The van der Waals surface area contributed by atoms with Crippen LogP contribution >= 0.6 is 0 Å². The molecule has 0 bridgehead atoms. The topological polar surface area (TPSA) is 302 Å². The van der Waals surface area contributed by atoms with Gasteiger partial charge in [0.2, 0.25) is 0 Å². The molecule has 1 aliphatic carbocycles. The molecule has 2 N–H and O–H groups in total. The lowest BCUT2D eigenvalue weighted by Gasteiger charge is -2.26. The summed E-state index contributed by atoms with van der Waals surface area (Å²) >= 11 is 0. The summed E-state index contributed by atoms with van der Waals surface area (Å²) in [5.74, 6) is -1.47. The molecular weight excluding hydrogens is 1320 g/mol. The van der Waals surface area contributed by atoms with E-state index in [9.17, 15) is 57.5 Å². The van der Waals surface area contributed by atoms with Crippen LogP contribution in [0, 0.1) is 0 Å². The first-order valence-corrected chi connectivity index (χ1v) is 31.9. The average molecular weight is 1380 g/mol. The van der Waals surface area contributed by atoms with E-state index in [-0.39, 0.29) is 68.1 Å². The molecule has 0 fully saturated rings. The van der Waals surface area contributed by atoms with Crippen LogP contribution in [0.15, 0.2) is 218 Å². The maximum absolute atomic E-state index is 12.3. The van der Waals surface area contributed by atoms with E-state index in [1.165, 1.54) is 38.4 Å². The van der Waals surface area contributed by atoms with Crippen molar-refractivity contribution < 1.29 is 90.7 Å². The molecule has 16 rings (SSSR count). The van der Waals surface area contributed by atoms with Gasteiger partial charge in [-0.2, -0.15) is 0 Å². The summed E-state index contributed by atoms with van der Waals surface area (Å²) < 4.78 is 37.3. The number of amides is 4. The number of benzene rings is 10. The van der Waals surface area contributed by atoms with Crippen molar-refractivity contribution in [3.63, 3.8) is 0 Å². The molecule has 5 heterocycles. The molecule has 10 aromatic carbocycles. The van der Waals surface area contributed by atoms with E-state index in [0.29, 0.717) is 84.9 Å². The van der Waals surface area contributed by atoms with E-state index >= 15 is 0 Å². The maximum Gasteiger partial charge on any atom is 0.347 e. The minimum Gasteiger partial charge on any atom is -0.457 e. The first kappa shape index (κ1) is 67.9. The fraction of sp³-hybridized carbons (Fsp3) is 0.111. The zero-order valence-electron chi connectivity index (χ0n) is 55.6. The monoisotopic (exact) mass is 1380 g/mol. The third-order valence-electron chi connectivity index (χ3n) is 18.2. The predicted molar refractivity (Wildman–Crippen MR) is 368 cm³/mol. The van der Waals surface area contributed by atoms with Gasteiger partial charge >= 0.3 is 35.8 Å². The smallest absolute Gasteiger partial charge is 0.347 e. The number of hydrogen-bond donors (Lipinski definition) is 1. The van der Waals surface area contributed by atoms with Gasteiger partial charge in [-0.25, -0.2) is 28.8 Å². The summed E-state index contributed by atoms with van der Waals surface area (Å²) in [4.78, 5) is 142. The van der Waals surface area contributed by atoms with Crippen LogP contribution in [0.2, 0.25) is 0 Å². The molecule has 6 aliphatic rings. The highest BCUT2D eigenvalue weighted by Crippen LogP contribution is 2.39. The van der Waals surface area contributed by atoms with Crippen molar-refractivity contribution in [2.75, 3.05) is 14.1 Å². The lowest BCUT2D eigenvalue weighted by atomic mass is 9.78. The van der Waals surface area contributed by atoms with Crippen LogP contribution in [-0.2, 0) is 25.0 Å². The molecule has 1 unspecified atom stereocenters. The highest BCUT2D eigenvalue weighted by atomic mass is 16.6. The predicted octanol–water partition coefficient (Wildman–Crippen LogP) is 13.7. The highest BCUT2D eigenvalue weighted by molar-refractivity contribution is 6.29. The zero-order chi connectivity index (χ0) is 72.9. The molecule has 22 heteroatoms. The molecule has 103 heavy (non-hydrogen) atoms. The Morgan fingerprint density at radius 2 is 0.495 bits per heavy atom. The van der Waals surface area contributed by atoms with Gasteiger partial charge in [-0.3, -0.25) is 38.6 Å². The minimum absolute atomic E-state index is 0.191. The first-order chi connectivity index (χ1) is 49.2. The van der Waals surface area contributed by atoms with Crippen molar-refractivity contribution in [1.82, 2.24) is 9.80 Å². The van der Waals surface area contributed by atoms with Crippen molar-refractivity contribution in [2.24, 2.45) is 5.73 Å². The number of hydrogen-bond acceptors (Lipinski definition) is 20. The second-order valence-electron chi connectivity index (χ2n) is 25.3. The van der Waals surface area contributed by atoms with E-state index in [1.54, 1.807) is 97.1 Å². The largest absolute Gasteiger partial charge is 0.457 e. The lowest BCUT2D eigenvalue weighted by molar-refractivity contribution is 0.0425. The fourth-order valence-electron chi connectivity index (χ4n) is 12.1. The molecule has 0 saturated carbocycles. The van der Waals surface area contributed by atoms with Gasteiger partial charge in [-0.15, -0.1) is 0 Å². The van der Waals surface area contributed by atoms with Crippen LogP contribution in [0.4, 0.5) is 0 Å². The van der Waals surface area contributed by atoms with Gasteiger partial charge in [0.15, 0.2) is 11.6 Å². The number of nitrogens with zero attached hydrogens (tertiary/aromatic N) is 2. The molecular formula is C81H57N3O19. The van der Waals surface area contributed by atoms with Crippen molar-refractivity contribution in [3.05, 3.63) is 307 Å². The number of Topliss-reactive ketones (excluding diaryl/α,β-unsaturated/α-hetero) is 2. The molecule has 5 aliphatic heterocycles. The van der Waals surface area contributed by atoms with Gasteiger partial charge in [0, 0.05) is 36.1 Å². The third-order valence-corrected chi connectivity index (χ3v) is 18.2. The van der Waals surface area contributed by atoms with Crippen LogP contribution in [0.25, 0.3) is 0 Å². The number of ether oxygens (including phenoxy) is 7. The van der Waals surface area contributed by atoms with Gasteiger partial charge < -0.3 is 38.9 Å². The van der Waals surface area contributed by atoms with Gasteiger partial charge in [0.25, 0.3) is 23.6 Å². The summed E-state index contributed by atoms with van der Waals surface area (Å²) in [6, 6.07) is 61.8. The first-order valence-electron chi connectivity index (χ1n) is 31.9. The molecule has 0 saturated heterocycles. The molecule has 10 aromatic rings. The number of esters is 6. The number of rotatable bonds is 12. The Morgan fingerprint density at radius 1 is 0.272 bits per heavy atom. The SMILES string of the molecule is CC(C)(c1ccc(Oc2ccc3c(c2)C(=O)OC3=O)cc1)c1ccc(Oc2ccc3c(c2)C(=O)OC3=O)cc1.CN1C(=O)c2ccc(Oc3ccc(C(C)(C)c4ccc(Oc5ccc6c(c5)C(=O)C(N)C6=O)cc4)cc3)cc2C1=O.CN1C(=O)c2ccccc2C1=O.O=C1OC(=O)c2ccccc21. The Balaban J connectivity index is 0.000000140. The standard InChI is InChI=1S/C33H26N2O6.C31H20O8.C9H7NO2.C8H4O3/c1-33(2,18-4-8-20(9-5-18)40-22-12-14-24-26(16-22)30(37)28(34)29(24)36)19-6-10-21(11-7-19)41-23-13-15-25-27(17-23)32(39)35(3)31(25)38;1-31(2,17-3-7-19(8-4-17)36-21-11-13-23-25(15-21)29(34)38-27(23)32)18-5-9-20(10-6-18)37-22-12-14-24-26(16-22)30(35)39-28(24)33;1-10-8(11)6-4-2-3-5-7(6)9(10)12;9-7-5-3-1-2-4-6(5)8(10)11-7/h4-17,28H,34H2,1-3H3;3-16H,1-2H3;2-5H,1H3;1-4H. The highest BCUT2D eigenvalue weighted by Gasteiger charge is 2.38. The normalized spacial score (nSPS) is 15.1. The van der Waals surface area contributed by atoms with Gasteiger partial charge in [0.05, 0.1) is 55.6 Å². The molecule has 0 aromatic heterocycles. The van der Waals surface area contributed by atoms with Crippen LogP contribution in [0.3, 0.4) is 0 Å². The van der Waals surface area contributed by atoms with Gasteiger partial charge in [-0.1, -0.05) is 100 Å². The Bertz CT molecular complexity index is 4990. The number of carbonyl (C=O) groups excluding carboxylic acids is 12. The molecule has 4 amide bonds. The van der Waals surface area contributed by atoms with E-state index in [2.05, 4.69) is 41.9 Å². The van der Waals surface area contributed by atoms with Crippen LogP contribution in [-0.4, -0.2) is 101 Å². The number of fused-ring (bicyclic) bond motifs is 6. The Kier molecular flexibility index (Phi) is 17.8. The van der Waals surface area contributed by atoms with Crippen LogP contribution in [0.1, 0.15) is 174 Å². The van der Waals surface area contributed by atoms with Gasteiger partial charge in [0.1, 0.15) is 52.0 Å². The fourth-order valence-corrected chi connectivity index (χ4v) is 12.1. The Morgan fingerprint density at radius 3 is 0.825 bits per heavy atom. The number of carbonyl (C=O) groups is 12. The average Bonchev–Trinajstić information content (AvgIpc) is 1.75. The van der Waals surface area contributed by atoms with Crippen molar-refractivity contribution in [1.29, 1.82) is 0 Å².